The number of fused-ring (bicyclic) bond motifs is 3. The van der Waals surface area contributed by atoms with Crippen molar-refractivity contribution in [2.24, 2.45) is 11.3 Å². The van der Waals surface area contributed by atoms with E-state index in [-0.39, 0.29) is 28.1 Å². The number of hydrogen-bond acceptors (Lipinski definition) is 3. The molecule has 1 aromatic rings. The number of hydrogen-bond donors (Lipinski definition) is 2. The fourth-order valence-corrected chi connectivity index (χ4v) is 4.57. The minimum atomic E-state index is -0.240. The number of phenolic OH excluding ortho intramolecular Hbond substituents is 2. The molecule has 2 aliphatic carbocycles. The third-order valence-corrected chi connectivity index (χ3v) is 5.67. The maximum atomic E-state index is 12.5. The summed E-state index contributed by atoms with van der Waals surface area (Å²) in [4.78, 5) is 12.5. The quantitative estimate of drug-likeness (QED) is 0.708. The number of phenols is 2. The smallest absolute Gasteiger partial charge is 0.168 e. The van der Waals surface area contributed by atoms with Gasteiger partial charge in [-0.2, -0.15) is 0 Å². The van der Waals surface area contributed by atoms with Gasteiger partial charge in [-0.05, 0) is 41.2 Å². The molecule has 0 spiro atoms. The van der Waals surface area contributed by atoms with Crippen LogP contribution < -0.4 is 0 Å². The number of benzene rings is 1. The predicted molar refractivity (Wildman–Crippen MR) is 77.2 cm³/mol. The lowest BCUT2D eigenvalue weighted by molar-refractivity contribution is 0.0364. The van der Waals surface area contributed by atoms with E-state index in [0.29, 0.717) is 17.9 Å². The molecule has 2 atom stereocenters. The zero-order valence-corrected chi connectivity index (χ0v) is 12.4. The molecule has 0 saturated heterocycles. The van der Waals surface area contributed by atoms with Crippen molar-refractivity contribution >= 4 is 5.78 Å². The van der Waals surface area contributed by atoms with Gasteiger partial charge in [-0.25, -0.2) is 0 Å². The summed E-state index contributed by atoms with van der Waals surface area (Å²) in [7, 11) is 0. The number of Topliss-reactive ketones (excluding diaryl/α,β-unsaturated/α-hetero) is 1. The highest BCUT2D eigenvalue weighted by Crippen LogP contribution is 2.58. The predicted octanol–water partition coefficient (Wildman–Crippen LogP) is 3.77. The first kappa shape index (κ1) is 13.5. The van der Waals surface area contributed by atoms with Crippen LogP contribution in [0.1, 0.15) is 62.4 Å². The van der Waals surface area contributed by atoms with Crippen LogP contribution in [0.25, 0.3) is 0 Å². The Hall–Kier alpha value is -1.51. The molecule has 2 aliphatic rings. The van der Waals surface area contributed by atoms with Gasteiger partial charge in [0.15, 0.2) is 17.3 Å². The lowest BCUT2D eigenvalue weighted by atomic mass is 9.50. The molecule has 20 heavy (non-hydrogen) atoms. The number of aromatic hydroxyl groups is 2. The maximum absolute atomic E-state index is 12.5. The molecule has 3 heteroatoms. The van der Waals surface area contributed by atoms with Gasteiger partial charge in [0.1, 0.15) is 0 Å². The van der Waals surface area contributed by atoms with Crippen molar-refractivity contribution in [2.75, 3.05) is 0 Å². The summed E-state index contributed by atoms with van der Waals surface area (Å²) in [5.74, 6) is -0.177. The van der Waals surface area contributed by atoms with Crippen molar-refractivity contribution in [3.8, 4) is 11.5 Å². The lowest BCUT2D eigenvalue weighted by Crippen LogP contribution is -2.49. The van der Waals surface area contributed by atoms with Crippen LogP contribution in [0.15, 0.2) is 12.1 Å². The molecule has 2 N–H and O–H groups in total. The highest BCUT2D eigenvalue weighted by Gasteiger charge is 2.52. The molecule has 0 aromatic heterocycles. The van der Waals surface area contributed by atoms with Crippen molar-refractivity contribution in [1.82, 2.24) is 0 Å². The average Bonchev–Trinajstić information content (AvgIpc) is 2.35. The second-order valence-electron chi connectivity index (χ2n) is 7.30. The summed E-state index contributed by atoms with van der Waals surface area (Å²) in [5, 5.41) is 19.8. The third kappa shape index (κ3) is 1.62. The summed E-state index contributed by atoms with van der Waals surface area (Å²) in [6.07, 6.45) is 3.77. The molecule has 0 amide bonds. The van der Waals surface area contributed by atoms with Crippen molar-refractivity contribution < 1.29 is 15.0 Å². The van der Waals surface area contributed by atoms with Gasteiger partial charge in [-0.3, -0.25) is 4.79 Å². The van der Waals surface area contributed by atoms with Crippen molar-refractivity contribution in [3.05, 3.63) is 23.3 Å². The molecule has 0 bridgehead atoms. The van der Waals surface area contributed by atoms with E-state index in [0.717, 1.165) is 24.8 Å². The Balaban J connectivity index is 2.24. The second kappa shape index (κ2) is 4.00. The minimum Gasteiger partial charge on any atom is -0.504 e. The largest absolute Gasteiger partial charge is 0.504 e. The first-order valence-corrected chi connectivity index (χ1v) is 7.36. The van der Waals surface area contributed by atoms with Crippen LogP contribution in [0.5, 0.6) is 11.5 Å². The van der Waals surface area contributed by atoms with E-state index in [1.54, 1.807) is 0 Å². The molecule has 0 aliphatic heterocycles. The molecule has 1 fully saturated rings. The van der Waals surface area contributed by atoms with Gasteiger partial charge in [0.05, 0.1) is 5.56 Å². The van der Waals surface area contributed by atoms with Gasteiger partial charge in [0.2, 0.25) is 0 Å². The van der Waals surface area contributed by atoms with E-state index in [1.165, 1.54) is 6.07 Å². The van der Waals surface area contributed by atoms with Crippen molar-refractivity contribution in [1.29, 1.82) is 0 Å². The molecule has 108 valence electrons. The fourth-order valence-electron chi connectivity index (χ4n) is 4.57. The average molecular weight is 274 g/mol. The maximum Gasteiger partial charge on any atom is 0.168 e. The van der Waals surface area contributed by atoms with Crippen LogP contribution in [0.2, 0.25) is 0 Å². The lowest BCUT2D eigenvalue weighted by Gasteiger charge is -2.53. The molecule has 0 unspecified atom stereocenters. The number of ketones is 1. The van der Waals surface area contributed by atoms with Gasteiger partial charge in [0.25, 0.3) is 0 Å². The zero-order chi connectivity index (χ0) is 14.7. The standard InChI is InChI=1S/C17H22O3/c1-16(2)7-4-8-17(3)10-5-6-11(18)15(20)14(10)12(19)9-13(16)17/h5-6,13,18,20H,4,7-9H2,1-3H3/t13-,17+/m0/s1. The van der Waals surface area contributed by atoms with Crippen molar-refractivity contribution in [3.63, 3.8) is 0 Å². The number of carbonyl (C=O) groups excluding carboxylic acids is 1. The van der Waals surface area contributed by atoms with Crippen molar-refractivity contribution in [2.45, 2.75) is 51.9 Å². The molecule has 3 nitrogen and oxygen atoms in total. The van der Waals surface area contributed by atoms with Crippen LogP contribution in [0.3, 0.4) is 0 Å². The highest BCUT2D eigenvalue weighted by atomic mass is 16.3. The van der Waals surface area contributed by atoms with Crippen LogP contribution in [-0.4, -0.2) is 16.0 Å². The first-order chi connectivity index (χ1) is 9.27. The topological polar surface area (TPSA) is 57.5 Å². The molecule has 3 rings (SSSR count). The zero-order valence-electron chi connectivity index (χ0n) is 12.4. The Morgan fingerprint density at radius 3 is 2.55 bits per heavy atom. The molecular formula is C17H22O3. The van der Waals surface area contributed by atoms with Crippen LogP contribution >= 0.6 is 0 Å². The van der Waals surface area contributed by atoms with E-state index < -0.39 is 0 Å². The van der Waals surface area contributed by atoms with Gasteiger partial charge in [-0.15, -0.1) is 0 Å². The minimum absolute atomic E-state index is 0.0362. The third-order valence-electron chi connectivity index (χ3n) is 5.67. The summed E-state index contributed by atoms with van der Waals surface area (Å²) in [6, 6.07) is 3.34. The van der Waals surface area contributed by atoms with Gasteiger partial charge in [0, 0.05) is 6.42 Å². The number of rotatable bonds is 0. The molecule has 0 radical (unpaired) electrons. The Morgan fingerprint density at radius 2 is 1.85 bits per heavy atom. The van der Waals surface area contributed by atoms with Gasteiger partial charge >= 0.3 is 0 Å². The van der Waals surface area contributed by atoms with E-state index in [4.69, 9.17) is 0 Å². The van der Waals surface area contributed by atoms with Gasteiger partial charge in [-0.1, -0.05) is 33.3 Å². The molecule has 1 saturated carbocycles. The van der Waals surface area contributed by atoms with Crippen LogP contribution in [0.4, 0.5) is 0 Å². The second-order valence-corrected chi connectivity index (χ2v) is 7.30. The van der Waals surface area contributed by atoms with E-state index in [1.807, 2.05) is 6.07 Å². The summed E-state index contributed by atoms with van der Waals surface area (Å²) < 4.78 is 0. The Morgan fingerprint density at radius 1 is 1.15 bits per heavy atom. The Kier molecular flexibility index (Phi) is 2.69. The van der Waals surface area contributed by atoms with Crippen LogP contribution in [0, 0.1) is 11.3 Å². The van der Waals surface area contributed by atoms with E-state index in [9.17, 15) is 15.0 Å². The Bertz CT molecular complexity index is 588. The van der Waals surface area contributed by atoms with E-state index in [2.05, 4.69) is 20.8 Å². The number of carbonyl (C=O) groups is 1. The molecular weight excluding hydrogens is 252 g/mol. The van der Waals surface area contributed by atoms with E-state index >= 15 is 0 Å². The summed E-state index contributed by atoms with van der Waals surface area (Å²) >= 11 is 0. The summed E-state index contributed by atoms with van der Waals surface area (Å²) in [5.41, 5.74) is 1.31. The SMILES string of the molecule is CC1(C)CCC[C@]2(C)c3ccc(O)c(O)c3C(=O)C[C@@H]12. The Labute approximate surface area is 119 Å². The fraction of sp³-hybridized carbons (Fsp3) is 0.588. The highest BCUT2D eigenvalue weighted by molar-refractivity contribution is 6.02. The first-order valence-electron chi connectivity index (χ1n) is 7.36. The normalized spacial score (nSPS) is 31.6. The molecule has 1 aromatic carbocycles. The summed E-state index contributed by atoms with van der Waals surface area (Å²) in [6.45, 7) is 6.70. The molecule has 0 heterocycles. The van der Waals surface area contributed by atoms with Gasteiger partial charge < -0.3 is 10.2 Å². The monoisotopic (exact) mass is 274 g/mol. The van der Waals surface area contributed by atoms with Crippen LogP contribution in [-0.2, 0) is 5.41 Å².